The van der Waals surface area contributed by atoms with E-state index >= 15 is 0 Å². The predicted octanol–water partition coefficient (Wildman–Crippen LogP) is 4.72. The van der Waals surface area contributed by atoms with Gasteiger partial charge in [-0.15, -0.1) is 0 Å². The van der Waals surface area contributed by atoms with Crippen LogP contribution in [0.3, 0.4) is 0 Å². The van der Waals surface area contributed by atoms with E-state index in [1.165, 1.54) is 10.8 Å². The second kappa shape index (κ2) is 3.91. The molecule has 0 fully saturated rings. The van der Waals surface area contributed by atoms with Crippen molar-refractivity contribution in [1.82, 2.24) is 0 Å². The summed E-state index contributed by atoms with van der Waals surface area (Å²) in [6, 6.07) is 20.1. The van der Waals surface area contributed by atoms with Crippen molar-refractivity contribution in [3.8, 4) is 11.1 Å². The number of benzene rings is 3. The maximum atomic E-state index is 12.4. The number of allylic oxidation sites excluding steroid dienone is 1. The van der Waals surface area contributed by atoms with E-state index in [9.17, 15) is 4.79 Å². The summed E-state index contributed by atoms with van der Waals surface area (Å²) in [5, 5.41) is 2.36. The lowest BCUT2D eigenvalue weighted by Crippen LogP contribution is -2.10. The number of rotatable bonds is 0. The van der Waals surface area contributed by atoms with E-state index in [0.717, 1.165) is 22.3 Å². The van der Waals surface area contributed by atoms with Gasteiger partial charge < -0.3 is 0 Å². The van der Waals surface area contributed by atoms with Crippen LogP contribution in [0.1, 0.15) is 15.9 Å². The fraction of sp³-hybridized carbons (Fsp3) is 0. The van der Waals surface area contributed by atoms with Gasteiger partial charge >= 0.3 is 0 Å². The van der Waals surface area contributed by atoms with E-state index in [1.807, 2.05) is 42.5 Å². The summed E-state index contributed by atoms with van der Waals surface area (Å²) in [5.74, 6) is 0.0309. The molecule has 0 aliphatic heterocycles. The maximum absolute atomic E-state index is 12.4. The second-order valence-corrected chi connectivity index (χ2v) is 5.06. The van der Waals surface area contributed by atoms with Gasteiger partial charge in [-0.2, -0.15) is 0 Å². The van der Waals surface area contributed by atoms with Gasteiger partial charge in [0.2, 0.25) is 0 Å². The Hall–Kier alpha value is -2.67. The van der Waals surface area contributed by atoms with E-state index < -0.39 is 0 Å². The maximum Gasteiger partial charge on any atom is 0.193 e. The molecule has 4 rings (SSSR count). The van der Waals surface area contributed by atoms with E-state index in [0.29, 0.717) is 5.57 Å². The summed E-state index contributed by atoms with van der Waals surface area (Å²) >= 11 is 0. The van der Waals surface area contributed by atoms with Crippen LogP contribution in [0.25, 0.3) is 27.5 Å². The minimum atomic E-state index is 0.0309. The third-order valence-electron chi connectivity index (χ3n) is 3.97. The zero-order valence-electron chi connectivity index (χ0n) is 10.9. The van der Waals surface area contributed by atoms with Crippen molar-refractivity contribution in [2.45, 2.75) is 0 Å². The lowest BCUT2D eigenvalue weighted by Gasteiger charge is -2.22. The van der Waals surface area contributed by atoms with E-state index in [2.05, 4.69) is 24.8 Å². The molecular weight excluding hydrogens is 244 g/mol. The van der Waals surface area contributed by atoms with Crippen molar-refractivity contribution in [3.05, 3.63) is 78.4 Å². The number of carbonyl (C=O) groups excluding carboxylic acids is 1. The summed E-state index contributed by atoms with van der Waals surface area (Å²) in [5.41, 5.74) is 4.43. The molecule has 0 spiro atoms. The molecule has 1 aliphatic rings. The molecular formula is C19H12O. The minimum absolute atomic E-state index is 0.0309. The highest BCUT2D eigenvalue weighted by Crippen LogP contribution is 2.42. The smallest absolute Gasteiger partial charge is 0.193 e. The van der Waals surface area contributed by atoms with Gasteiger partial charge in [0.15, 0.2) is 5.78 Å². The number of carbonyl (C=O) groups is 1. The summed E-state index contributed by atoms with van der Waals surface area (Å²) in [6.07, 6.45) is 0. The number of ketones is 1. The highest BCUT2D eigenvalue weighted by Gasteiger charge is 2.26. The van der Waals surface area contributed by atoms with Crippen LogP contribution in [0.5, 0.6) is 0 Å². The zero-order chi connectivity index (χ0) is 13.7. The van der Waals surface area contributed by atoms with Gasteiger partial charge in [-0.25, -0.2) is 0 Å². The molecule has 0 saturated carbocycles. The van der Waals surface area contributed by atoms with Crippen LogP contribution >= 0.6 is 0 Å². The summed E-state index contributed by atoms with van der Waals surface area (Å²) in [4.78, 5) is 12.4. The average molecular weight is 256 g/mol. The molecule has 0 heterocycles. The molecule has 0 bridgehead atoms. The van der Waals surface area contributed by atoms with Crippen molar-refractivity contribution in [2.24, 2.45) is 0 Å². The van der Waals surface area contributed by atoms with Crippen LogP contribution in [0.15, 0.2) is 67.2 Å². The molecule has 0 aromatic heterocycles. The van der Waals surface area contributed by atoms with Gasteiger partial charge in [0.1, 0.15) is 0 Å². The van der Waals surface area contributed by atoms with Gasteiger partial charge in [0.05, 0.1) is 0 Å². The molecule has 20 heavy (non-hydrogen) atoms. The number of fused-ring (bicyclic) bond motifs is 5. The fourth-order valence-electron chi connectivity index (χ4n) is 3.00. The Morgan fingerprint density at radius 3 is 2.25 bits per heavy atom. The topological polar surface area (TPSA) is 17.1 Å². The Balaban J connectivity index is 2.22. The summed E-state index contributed by atoms with van der Waals surface area (Å²) in [6.45, 7) is 3.99. The third kappa shape index (κ3) is 1.35. The zero-order valence-corrected chi connectivity index (χ0v) is 10.9. The minimum Gasteiger partial charge on any atom is -0.289 e. The largest absolute Gasteiger partial charge is 0.289 e. The molecule has 0 unspecified atom stereocenters. The molecule has 3 aromatic rings. The molecule has 1 nitrogen and oxygen atoms in total. The molecule has 0 N–H and O–H groups in total. The highest BCUT2D eigenvalue weighted by molar-refractivity contribution is 6.35. The van der Waals surface area contributed by atoms with Gasteiger partial charge in [0.25, 0.3) is 0 Å². The molecule has 0 saturated heterocycles. The lowest BCUT2D eigenvalue weighted by molar-refractivity contribution is 0.105. The van der Waals surface area contributed by atoms with Crippen molar-refractivity contribution < 1.29 is 4.79 Å². The SMILES string of the molecule is C=C1C(=O)c2ccccc2-c2c1ccc1ccccc21. The molecule has 1 aliphatic carbocycles. The first-order valence-corrected chi connectivity index (χ1v) is 6.62. The van der Waals surface area contributed by atoms with Gasteiger partial charge in [-0.1, -0.05) is 67.2 Å². The van der Waals surface area contributed by atoms with Crippen molar-refractivity contribution in [1.29, 1.82) is 0 Å². The van der Waals surface area contributed by atoms with Gasteiger partial charge in [-0.05, 0) is 27.5 Å². The lowest BCUT2D eigenvalue weighted by atomic mass is 9.80. The Bertz CT molecular complexity index is 887. The summed E-state index contributed by atoms with van der Waals surface area (Å²) < 4.78 is 0. The molecule has 3 aromatic carbocycles. The Morgan fingerprint density at radius 1 is 0.700 bits per heavy atom. The molecule has 1 heteroatoms. The van der Waals surface area contributed by atoms with Crippen molar-refractivity contribution in [3.63, 3.8) is 0 Å². The molecule has 0 atom stereocenters. The van der Waals surface area contributed by atoms with Crippen LogP contribution in [0.4, 0.5) is 0 Å². The second-order valence-electron chi connectivity index (χ2n) is 5.06. The Kier molecular flexibility index (Phi) is 2.19. The van der Waals surface area contributed by atoms with Crippen molar-refractivity contribution >= 4 is 22.1 Å². The monoisotopic (exact) mass is 256 g/mol. The molecule has 0 amide bonds. The number of hydrogen-bond acceptors (Lipinski definition) is 1. The number of hydrogen-bond donors (Lipinski definition) is 0. The first-order chi connectivity index (χ1) is 9.77. The fourth-order valence-corrected chi connectivity index (χ4v) is 3.00. The first kappa shape index (κ1) is 11.2. The average Bonchev–Trinajstić information content (AvgIpc) is 2.51. The predicted molar refractivity (Wildman–Crippen MR) is 82.7 cm³/mol. The Labute approximate surface area is 117 Å². The quantitative estimate of drug-likeness (QED) is 0.532. The highest BCUT2D eigenvalue weighted by atomic mass is 16.1. The van der Waals surface area contributed by atoms with E-state index in [1.54, 1.807) is 0 Å². The molecule has 0 radical (unpaired) electrons. The van der Waals surface area contributed by atoms with E-state index in [4.69, 9.17) is 0 Å². The van der Waals surface area contributed by atoms with Crippen LogP contribution in [0, 0.1) is 0 Å². The molecule has 94 valence electrons. The van der Waals surface area contributed by atoms with Crippen LogP contribution in [-0.2, 0) is 0 Å². The third-order valence-corrected chi connectivity index (χ3v) is 3.97. The van der Waals surface area contributed by atoms with Crippen molar-refractivity contribution in [2.75, 3.05) is 0 Å². The summed E-state index contributed by atoms with van der Waals surface area (Å²) in [7, 11) is 0. The van der Waals surface area contributed by atoms with Gasteiger partial charge in [0, 0.05) is 11.1 Å². The van der Waals surface area contributed by atoms with E-state index in [-0.39, 0.29) is 5.78 Å². The van der Waals surface area contributed by atoms with Gasteiger partial charge in [-0.3, -0.25) is 4.79 Å². The first-order valence-electron chi connectivity index (χ1n) is 6.62. The standard InChI is InChI=1S/C19H12O/c1-12-14-11-10-13-6-2-3-7-15(13)18(14)16-8-4-5-9-17(16)19(12)20/h2-11H,1H2. The van der Waals surface area contributed by atoms with Crippen LogP contribution in [-0.4, -0.2) is 5.78 Å². The normalized spacial score (nSPS) is 13.2. The van der Waals surface area contributed by atoms with Crippen LogP contribution < -0.4 is 0 Å². The number of Topliss-reactive ketones (excluding diaryl/α,β-unsaturated/α-hetero) is 1. The van der Waals surface area contributed by atoms with Crippen LogP contribution in [0.2, 0.25) is 0 Å². The Morgan fingerprint density at radius 2 is 1.40 bits per heavy atom.